The van der Waals surface area contributed by atoms with Gasteiger partial charge in [0.25, 0.3) is 5.91 Å². The van der Waals surface area contributed by atoms with Crippen LogP contribution in [0.3, 0.4) is 0 Å². The fraction of sp³-hybridized carbons (Fsp3) is 0.333. The molecule has 4 rings (SSSR count). The van der Waals surface area contributed by atoms with Crippen LogP contribution in [0.5, 0.6) is 11.5 Å². The highest BCUT2D eigenvalue weighted by molar-refractivity contribution is 7.22. The van der Waals surface area contributed by atoms with Crippen LogP contribution in [-0.4, -0.2) is 69.0 Å². The molecule has 0 spiro atoms. The molecule has 0 saturated carbocycles. The van der Waals surface area contributed by atoms with E-state index in [1.165, 1.54) is 11.3 Å². The lowest BCUT2D eigenvalue weighted by atomic mass is 10.1. The minimum absolute atomic E-state index is 0.182. The standard InChI is InChI=1S/C24H26N4O5S/c1-26(2)12-13-27(24-25-21-17(32-3)8-9-18(33-4)22(21)34-24)23(31)15-6-5-7-16(14-15)28-19(29)10-11-20(28)30/h5-9,14H,10-13H2,1-4H3. The van der Waals surface area contributed by atoms with E-state index >= 15 is 0 Å². The monoisotopic (exact) mass is 482 g/mol. The van der Waals surface area contributed by atoms with E-state index in [0.717, 1.165) is 9.60 Å². The number of fused-ring (bicyclic) bond motifs is 1. The van der Waals surface area contributed by atoms with Crippen molar-refractivity contribution in [3.05, 3.63) is 42.0 Å². The lowest BCUT2D eigenvalue weighted by Crippen LogP contribution is -2.37. The molecule has 2 aromatic carbocycles. The van der Waals surface area contributed by atoms with Crippen molar-refractivity contribution in [2.45, 2.75) is 12.8 Å². The first kappa shape index (κ1) is 23.7. The van der Waals surface area contributed by atoms with E-state index in [0.29, 0.717) is 46.5 Å². The number of carbonyl (C=O) groups excluding carboxylic acids is 3. The fourth-order valence-corrected chi connectivity index (χ4v) is 4.87. The second kappa shape index (κ2) is 9.78. The SMILES string of the molecule is COc1ccc(OC)c2sc(N(CCN(C)C)C(=O)c3cccc(N4C(=O)CCC4=O)c3)nc12. The number of methoxy groups -OCH3 is 2. The number of likely N-dealkylation sites (N-methyl/N-ethyl adjacent to an activating group) is 1. The predicted octanol–water partition coefficient (Wildman–Crippen LogP) is 3.18. The number of benzene rings is 2. The summed E-state index contributed by atoms with van der Waals surface area (Å²) in [5.74, 6) is 0.438. The Balaban J connectivity index is 1.75. The highest BCUT2D eigenvalue weighted by atomic mass is 32.1. The number of rotatable bonds is 8. The summed E-state index contributed by atoms with van der Waals surface area (Å²) in [7, 11) is 7.01. The van der Waals surface area contributed by atoms with E-state index in [-0.39, 0.29) is 30.6 Å². The van der Waals surface area contributed by atoms with E-state index in [9.17, 15) is 14.4 Å². The third-order valence-corrected chi connectivity index (χ3v) is 6.64. The van der Waals surface area contributed by atoms with Crippen molar-refractivity contribution < 1.29 is 23.9 Å². The summed E-state index contributed by atoms with van der Waals surface area (Å²) in [5, 5.41) is 0.503. The van der Waals surface area contributed by atoms with Crippen molar-refractivity contribution in [2.24, 2.45) is 0 Å². The summed E-state index contributed by atoms with van der Waals surface area (Å²) in [4.78, 5) is 47.5. The van der Waals surface area contributed by atoms with Crippen LogP contribution in [0.25, 0.3) is 10.2 Å². The number of imide groups is 1. The third kappa shape index (κ3) is 4.46. The van der Waals surface area contributed by atoms with Crippen LogP contribution in [0.1, 0.15) is 23.2 Å². The van der Waals surface area contributed by atoms with E-state index in [2.05, 4.69) is 0 Å². The second-order valence-corrected chi connectivity index (χ2v) is 9.06. The predicted molar refractivity (Wildman–Crippen MR) is 131 cm³/mol. The van der Waals surface area contributed by atoms with Gasteiger partial charge in [0.05, 0.1) is 19.9 Å². The molecule has 1 fully saturated rings. The molecule has 1 aliphatic heterocycles. The Kier molecular flexibility index (Phi) is 6.80. The Morgan fingerprint density at radius 2 is 1.71 bits per heavy atom. The van der Waals surface area contributed by atoms with Gasteiger partial charge in [0.2, 0.25) is 11.8 Å². The number of anilines is 2. The Bertz CT molecular complexity index is 1200. The number of hydrogen-bond donors (Lipinski definition) is 0. The van der Waals surface area contributed by atoms with E-state index in [1.807, 2.05) is 25.1 Å². The van der Waals surface area contributed by atoms with Crippen molar-refractivity contribution >= 4 is 50.1 Å². The largest absolute Gasteiger partial charge is 0.495 e. The van der Waals surface area contributed by atoms with Gasteiger partial charge in [0.15, 0.2) is 5.13 Å². The molecule has 0 N–H and O–H groups in total. The topological polar surface area (TPSA) is 92.3 Å². The molecular weight excluding hydrogens is 456 g/mol. The average molecular weight is 483 g/mol. The van der Waals surface area contributed by atoms with Gasteiger partial charge in [-0.2, -0.15) is 0 Å². The van der Waals surface area contributed by atoms with Crippen molar-refractivity contribution in [1.82, 2.24) is 9.88 Å². The van der Waals surface area contributed by atoms with E-state index in [4.69, 9.17) is 14.5 Å². The number of carbonyl (C=O) groups is 3. The molecule has 178 valence electrons. The van der Waals surface area contributed by atoms with Gasteiger partial charge in [-0.1, -0.05) is 17.4 Å². The van der Waals surface area contributed by atoms with Crippen molar-refractivity contribution in [1.29, 1.82) is 0 Å². The molecule has 3 amide bonds. The van der Waals surface area contributed by atoms with Gasteiger partial charge in [0.1, 0.15) is 21.7 Å². The molecule has 0 unspecified atom stereocenters. The minimum Gasteiger partial charge on any atom is -0.495 e. The fourth-order valence-electron chi connectivity index (χ4n) is 3.77. The number of aromatic nitrogens is 1. The maximum Gasteiger partial charge on any atom is 0.260 e. The Morgan fingerprint density at radius 1 is 1.03 bits per heavy atom. The highest BCUT2D eigenvalue weighted by Crippen LogP contribution is 2.40. The quantitative estimate of drug-likeness (QED) is 0.455. The first-order chi connectivity index (χ1) is 16.3. The van der Waals surface area contributed by atoms with Crippen LogP contribution in [-0.2, 0) is 9.59 Å². The first-order valence-corrected chi connectivity index (χ1v) is 11.6. The Hall–Kier alpha value is -3.50. The molecular formula is C24H26N4O5S. The zero-order valence-electron chi connectivity index (χ0n) is 19.5. The lowest BCUT2D eigenvalue weighted by molar-refractivity contribution is -0.121. The third-order valence-electron chi connectivity index (χ3n) is 5.55. The molecule has 3 aromatic rings. The maximum atomic E-state index is 13.7. The molecule has 0 bridgehead atoms. The minimum atomic E-state index is -0.278. The average Bonchev–Trinajstić information content (AvgIpc) is 3.41. The molecule has 1 saturated heterocycles. The molecule has 0 radical (unpaired) electrons. The zero-order chi connectivity index (χ0) is 24.4. The molecule has 2 heterocycles. The molecule has 1 aliphatic rings. The van der Waals surface area contributed by atoms with Gasteiger partial charge in [-0.3, -0.25) is 24.2 Å². The van der Waals surface area contributed by atoms with E-state index in [1.54, 1.807) is 49.5 Å². The number of hydrogen-bond acceptors (Lipinski definition) is 8. The molecule has 0 atom stereocenters. The van der Waals surface area contributed by atoms with Crippen LogP contribution in [0.4, 0.5) is 10.8 Å². The van der Waals surface area contributed by atoms with Gasteiger partial charge >= 0.3 is 0 Å². The highest BCUT2D eigenvalue weighted by Gasteiger charge is 2.31. The van der Waals surface area contributed by atoms with Gasteiger partial charge in [-0.25, -0.2) is 4.98 Å². The van der Waals surface area contributed by atoms with Crippen LogP contribution in [0.15, 0.2) is 36.4 Å². The smallest absolute Gasteiger partial charge is 0.260 e. The molecule has 1 aromatic heterocycles. The Labute approximate surface area is 201 Å². The van der Waals surface area contributed by atoms with Crippen LogP contribution in [0.2, 0.25) is 0 Å². The van der Waals surface area contributed by atoms with Gasteiger partial charge < -0.3 is 14.4 Å². The summed E-state index contributed by atoms with van der Waals surface area (Å²) in [6.45, 7) is 1.00. The van der Waals surface area contributed by atoms with Crippen molar-refractivity contribution in [2.75, 3.05) is 51.2 Å². The summed E-state index contributed by atoms with van der Waals surface area (Å²) < 4.78 is 11.7. The molecule has 34 heavy (non-hydrogen) atoms. The van der Waals surface area contributed by atoms with Gasteiger partial charge in [-0.15, -0.1) is 0 Å². The molecule has 9 nitrogen and oxygen atoms in total. The van der Waals surface area contributed by atoms with Crippen LogP contribution >= 0.6 is 11.3 Å². The molecule has 10 heteroatoms. The van der Waals surface area contributed by atoms with E-state index < -0.39 is 0 Å². The maximum absolute atomic E-state index is 13.7. The number of thiazole rings is 1. The van der Waals surface area contributed by atoms with Gasteiger partial charge in [0, 0.05) is 31.5 Å². The van der Waals surface area contributed by atoms with Gasteiger partial charge in [-0.05, 0) is 44.4 Å². The number of amides is 3. The molecule has 0 aliphatic carbocycles. The Morgan fingerprint density at radius 3 is 2.35 bits per heavy atom. The first-order valence-electron chi connectivity index (χ1n) is 10.8. The van der Waals surface area contributed by atoms with Crippen LogP contribution < -0.4 is 19.3 Å². The second-order valence-electron chi connectivity index (χ2n) is 8.08. The zero-order valence-corrected chi connectivity index (χ0v) is 20.3. The number of nitrogens with zero attached hydrogens (tertiary/aromatic N) is 4. The normalized spacial score (nSPS) is 13.7. The van der Waals surface area contributed by atoms with Crippen LogP contribution in [0, 0.1) is 0 Å². The number of ether oxygens (including phenoxy) is 2. The lowest BCUT2D eigenvalue weighted by Gasteiger charge is -2.23. The summed E-state index contributed by atoms with van der Waals surface area (Å²) in [6, 6.07) is 10.2. The van der Waals surface area contributed by atoms with Crippen molar-refractivity contribution in [3.63, 3.8) is 0 Å². The summed E-state index contributed by atoms with van der Waals surface area (Å²) >= 11 is 1.34. The summed E-state index contributed by atoms with van der Waals surface area (Å²) in [6.07, 6.45) is 0.364. The van der Waals surface area contributed by atoms with Crippen molar-refractivity contribution in [3.8, 4) is 11.5 Å². The summed E-state index contributed by atoms with van der Waals surface area (Å²) in [5.41, 5.74) is 1.38.